The second-order valence-electron chi connectivity index (χ2n) is 3.90. The van der Waals surface area contributed by atoms with E-state index in [0.29, 0.717) is 13.0 Å². The number of halogens is 1. The summed E-state index contributed by atoms with van der Waals surface area (Å²) >= 11 is 5.10. The first kappa shape index (κ1) is 15.5. The summed E-state index contributed by atoms with van der Waals surface area (Å²) in [5.74, 6) is 0.932. The standard InChI is InChI=1S/C13H19BrN2OS/c14-11-3-5-12(6-4-11)18-10-7-13(17)16-9-2-1-8-15/h3-6H,1-2,7-10,15H2,(H,16,17). The third-order valence-electron chi connectivity index (χ3n) is 2.36. The van der Waals surface area contributed by atoms with Gasteiger partial charge in [0.05, 0.1) is 0 Å². The minimum absolute atomic E-state index is 0.122. The fourth-order valence-electron chi connectivity index (χ4n) is 1.38. The van der Waals surface area contributed by atoms with Crippen LogP contribution in [0.2, 0.25) is 0 Å². The number of amides is 1. The van der Waals surface area contributed by atoms with Gasteiger partial charge in [0, 0.05) is 28.1 Å². The van der Waals surface area contributed by atoms with Crippen LogP contribution in [0.1, 0.15) is 19.3 Å². The highest BCUT2D eigenvalue weighted by Crippen LogP contribution is 2.20. The van der Waals surface area contributed by atoms with Gasteiger partial charge >= 0.3 is 0 Å². The van der Waals surface area contributed by atoms with Crippen LogP contribution in [0.15, 0.2) is 33.6 Å². The molecule has 1 amide bonds. The third-order valence-corrected chi connectivity index (χ3v) is 3.91. The summed E-state index contributed by atoms with van der Waals surface area (Å²) in [5.41, 5.74) is 5.38. The molecule has 1 aromatic carbocycles. The summed E-state index contributed by atoms with van der Waals surface area (Å²) in [4.78, 5) is 12.7. The van der Waals surface area contributed by atoms with Crippen molar-refractivity contribution < 1.29 is 4.79 Å². The van der Waals surface area contributed by atoms with E-state index in [2.05, 4.69) is 21.2 Å². The molecule has 100 valence electrons. The molecule has 3 N–H and O–H groups in total. The minimum atomic E-state index is 0.122. The van der Waals surface area contributed by atoms with Gasteiger partial charge in [0.1, 0.15) is 0 Å². The molecule has 18 heavy (non-hydrogen) atoms. The lowest BCUT2D eigenvalue weighted by molar-refractivity contribution is -0.120. The lowest BCUT2D eigenvalue weighted by Gasteiger charge is -2.04. The first-order valence-corrected chi connectivity index (χ1v) is 7.85. The first-order valence-electron chi connectivity index (χ1n) is 6.07. The minimum Gasteiger partial charge on any atom is -0.356 e. The van der Waals surface area contributed by atoms with Gasteiger partial charge in [-0.05, 0) is 43.7 Å². The molecule has 1 aromatic rings. The van der Waals surface area contributed by atoms with Gasteiger partial charge in [-0.25, -0.2) is 0 Å². The summed E-state index contributed by atoms with van der Waals surface area (Å²) in [6.07, 6.45) is 2.49. The largest absolute Gasteiger partial charge is 0.356 e. The van der Waals surface area contributed by atoms with Gasteiger partial charge in [-0.3, -0.25) is 4.79 Å². The van der Waals surface area contributed by atoms with E-state index < -0.39 is 0 Å². The number of thioether (sulfide) groups is 1. The van der Waals surface area contributed by atoms with Crippen molar-refractivity contribution in [2.45, 2.75) is 24.2 Å². The zero-order chi connectivity index (χ0) is 13.2. The summed E-state index contributed by atoms with van der Waals surface area (Å²) < 4.78 is 1.07. The van der Waals surface area contributed by atoms with Crippen LogP contribution in [0.3, 0.4) is 0 Å². The smallest absolute Gasteiger partial charge is 0.220 e. The Balaban J connectivity index is 2.10. The molecule has 0 fully saturated rings. The molecule has 3 nitrogen and oxygen atoms in total. The van der Waals surface area contributed by atoms with Gasteiger partial charge in [0.25, 0.3) is 0 Å². The Morgan fingerprint density at radius 3 is 2.67 bits per heavy atom. The Labute approximate surface area is 121 Å². The van der Waals surface area contributed by atoms with Crippen LogP contribution in [-0.4, -0.2) is 24.7 Å². The lowest BCUT2D eigenvalue weighted by Crippen LogP contribution is -2.25. The van der Waals surface area contributed by atoms with Crippen LogP contribution < -0.4 is 11.1 Å². The van der Waals surface area contributed by atoms with Crippen LogP contribution in [0.4, 0.5) is 0 Å². The number of nitrogens with two attached hydrogens (primary N) is 1. The van der Waals surface area contributed by atoms with Crippen molar-refractivity contribution in [2.24, 2.45) is 5.73 Å². The highest BCUT2D eigenvalue weighted by molar-refractivity contribution is 9.10. The van der Waals surface area contributed by atoms with Crippen LogP contribution in [0.5, 0.6) is 0 Å². The molecular formula is C13H19BrN2OS. The number of hydrogen-bond acceptors (Lipinski definition) is 3. The number of carbonyl (C=O) groups excluding carboxylic acids is 1. The molecular weight excluding hydrogens is 312 g/mol. The van der Waals surface area contributed by atoms with Crippen molar-refractivity contribution in [2.75, 3.05) is 18.8 Å². The normalized spacial score (nSPS) is 10.3. The van der Waals surface area contributed by atoms with Crippen molar-refractivity contribution >= 4 is 33.6 Å². The molecule has 0 saturated heterocycles. The molecule has 0 unspecified atom stereocenters. The van der Waals surface area contributed by atoms with Gasteiger partial charge in [-0.2, -0.15) is 0 Å². The maximum atomic E-state index is 11.5. The second-order valence-corrected chi connectivity index (χ2v) is 5.98. The highest BCUT2D eigenvalue weighted by atomic mass is 79.9. The van der Waals surface area contributed by atoms with Crippen LogP contribution >= 0.6 is 27.7 Å². The van der Waals surface area contributed by atoms with Crippen molar-refractivity contribution in [1.82, 2.24) is 5.32 Å². The monoisotopic (exact) mass is 330 g/mol. The van der Waals surface area contributed by atoms with Crippen LogP contribution in [0, 0.1) is 0 Å². The van der Waals surface area contributed by atoms with E-state index in [1.807, 2.05) is 24.3 Å². The molecule has 1 rings (SSSR count). The van der Waals surface area contributed by atoms with E-state index in [1.165, 1.54) is 4.90 Å². The number of hydrogen-bond donors (Lipinski definition) is 2. The zero-order valence-corrected chi connectivity index (χ0v) is 12.7. The molecule has 0 heterocycles. The van der Waals surface area contributed by atoms with E-state index >= 15 is 0 Å². The molecule has 0 bridgehead atoms. The van der Waals surface area contributed by atoms with Gasteiger partial charge < -0.3 is 11.1 Å². The number of unbranched alkanes of at least 4 members (excludes halogenated alkanes) is 1. The van der Waals surface area contributed by atoms with Crippen molar-refractivity contribution in [3.8, 4) is 0 Å². The van der Waals surface area contributed by atoms with E-state index in [-0.39, 0.29) is 5.91 Å². The Bertz CT molecular complexity index is 357. The molecule has 0 saturated carbocycles. The molecule has 0 radical (unpaired) electrons. The lowest BCUT2D eigenvalue weighted by atomic mass is 10.3. The number of carbonyl (C=O) groups is 1. The fourth-order valence-corrected chi connectivity index (χ4v) is 2.49. The Morgan fingerprint density at radius 1 is 1.28 bits per heavy atom. The summed E-state index contributed by atoms with van der Waals surface area (Å²) in [7, 11) is 0. The van der Waals surface area contributed by atoms with E-state index in [4.69, 9.17) is 5.73 Å². The molecule has 0 aromatic heterocycles. The van der Waals surface area contributed by atoms with Gasteiger partial charge in [-0.1, -0.05) is 15.9 Å². The first-order chi connectivity index (χ1) is 8.72. The summed E-state index contributed by atoms with van der Waals surface area (Å²) in [5, 5.41) is 2.90. The molecule has 0 aliphatic rings. The zero-order valence-electron chi connectivity index (χ0n) is 10.3. The second kappa shape index (κ2) is 9.42. The molecule has 0 aliphatic heterocycles. The maximum absolute atomic E-state index is 11.5. The quantitative estimate of drug-likeness (QED) is 0.569. The highest BCUT2D eigenvalue weighted by Gasteiger charge is 2.01. The average Bonchev–Trinajstić information content (AvgIpc) is 2.37. The number of rotatable bonds is 8. The van der Waals surface area contributed by atoms with E-state index in [0.717, 1.165) is 29.6 Å². The van der Waals surface area contributed by atoms with Crippen LogP contribution in [-0.2, 0) is 4.79 Å². The van der Waals surface area contributed by atoms with Crippen molar-refractivity contribution in [3.05, 3.63) is 28.7 Å². The van der Waals surface area contributed by atoms with Crippen LogP contribution in [0.25, 0.3) is 0 Å². The van der Waals surface area contributed by atoms with E-state index in [9.17, 15) is 4.79 Å². The average molecular weight is 331 g/mol. The Morgan fingerprint density at radius 2 is 2.00 bits per heavy atom. The fraction of sp³-hybridized carbons (Fsp3) is 0.462. The SMILES string of the molecule is NCCCCNC(=O)CCSc1ccc(Br)cc1. The van der Waals surface area contributed by atoms with Crippen molar-refractivity contribution in [3.63, 3.8) is 0 Å². The molecule has 0 atom stereocenters. The predicted molar refractivity (Wildman–Crippen MR) is 80.8 cm³/mol. The van der Waals surface area contributed by atoms with E-state index in [1.54, 1.807) is 11.8 Å². The number of nitrogens with one attached hydrogen (secondary N) is 1. The molecule has 5 heteroatoms. The molecule has 0 aliphatic carbocycles. The van der Waals surface area contributed by atoms with Gasteiger partial charge in [0.2, 0.25) is 5.91 Å². The molecule has 0 spiro atoms. The third kappa shape index (κ3) is 7.03. The summed E-state index contributed by atoms with van der Waals surface area (Å²) in [6, 6.07) is 8.12. The number of benzene rings is 1. The van der Waals surface area contributed by atoms with Gasteiger partial charge in [0.15, 0.2) is 0 Å². The summed E-state index contributed by atoms with van der Waals surface area (Å²) in [6.45, 7) is 1.42. The maximum Gasteiger partial charge on any atom is 0.220 e. The Kier molecular flexibility index (Phi) is 8.13. The van der Waals surface area contributed by atoms with Gasteiger partial charge in [-0.15, -0.1) is 11.8 Å². The van der Waals surface area contributed by atoms with Crippen molar-refractivity contribution in [1.29, 1.82) is 0 Å². The Hall–Kier alpha value is -0.520. The predicted octanol–water partition coefficient (Wildman–Crippen LogP) is 2.79. The topological polar surface area (TPSA) is 55.1 Å².